The van der Waals surface area contributed by atoms with Gasteiger partial charge in [0.2, 0.25) is 0 Å². The number of carbonyl (C=O) groups is 1. The Hall–Kier alpha value is -1.76. The van der Waals surface area contributed by atoms with E-state index in [1.807, 2.05) is 38.4 Å². The van der Waals surface area contributed by atoms with Gasteiger partial charge >= 0.3 is 0 Å². The molecule has 2 aromatic heterocycles. The molecule has 0 unspecified atom stereocenters. The molecule has 1 atom stereocenters. The van der Waals surface area contributed by atoms with E-state index in [2.05, 4.69) is 26.6 Å². The topological polar surface area (TPSA) is 45.2 Å². The number of amides is 1. The highest BCUT2D eigenvalue weighted by molar-refractivity contribution is 7.16. The zero-order valence-electron chi connectivity index (χ0n) is 12.4. The van der Waals surface area contributed by atoms with Crippen molar-refractivity contribution < 1.29 is 4.79 Å². The first-order valence-electron chi connectivity index (χ1n) is 6.96. The molecule has 22 heavy (non-hydrogen) atoms. The lowest BCUT2D eigenvalue weighted by molar-refractivity contribution is 0.0942. The van der Waals surface area contributed by atoms with E-state index in [4.69, 9.17) is 0 Å². The minimum absolute atomic E-state index is 0.0429. The molecule has 0 radical (unpaired) electrons. The fourth-order valence-electron chi connectivity index (χ4n) is 2.31. The average molecular weight is 331 g/mol. The van der Waals surface area contributed by atoms with Gasteiger partial charge in [0.25, 0.3) is 5.91 Å². The molecule has 0 bridgehead atoms. The van der Waals surface area contributed by atoms with Gasteiger partial charge in [-0.2, -0.15) is 0 Å². The number of thiazole rings is 1. The minimum Gasteiger partial charge on any atom is -0.350 e. The predicted molar refractivity (Wildman–Crippen MR) is 92.7 cm³/mol. The van der Waals surface area contributed by atoms with Crippen molar-refractivity contribution in [2.45, 2.75) is 6.04 Å². The molecule has 1 aromatic carbocycles. The van der Waals surface area contributed by atoms with Crippen molar-refractivity contribution in [1.29, 1.82) is 0 Å². The molecule has 0 spiro atoms. The standard InChI is InChI=1S/C16H17N3OS2/c1-19(2)13(14-4-3-7-21-14)9-17-16(20)11-5-6-12-15(8-11)22-10-18-12/h3-8,10,13H,9H2,1-2H3,(H,17,20)/t13-/m1/s1. The van der Waals surface area contributed by atoms with Crippen LogP contribution in [0.25, 0.3) is 10.2 Å². The zero-order chi connectivity index (χ0) is 15.5. The number of nitrogens with one attached hydrogen (secondary N) is 1. The number of aromatic nitrogens is 1. The third-order valence-electron chi connectivity index (χ3n) is 3.54. The third-order valence-corrected chi connectivity index (χ3v) is 5.31. The molecule has 1 N–H and O–H groups in total. The van der Waals surface area contributed by atoms with Crippen LogP contribution in [0.15, 0.2) is 41.2 Å². The normalized spacial score (nSPS) is 12.7. The number of likely N-dealkylation sites (N-methyl/N-ethyl adjacent to an activating group) is 1. The predicted octanol–water partition coefficient (Wildman–Crippen LogP) is 3.39. The van der Waals surface area contributed by atoms with Crippen LogP contribution in [-0.4, -0.2) is 36.4 Å². The van der Waals surface area contributed by atoms with E-state index in [0.717, 1.165) is 10.2 Å². The first kappa shape index (κ1) is 15.1. The molecule has 4 nitrogen and oxygen atoms in total. The molecule has 2 heterocycles. The lowest BCUT2D eigenvalue weighted by Crippen LogP contribution is -2.34. The van der Waals surface area contributed by atoms with Crippen molar-refractivity contribution in [2.24, 2.45) is 0 Å². The van der Waals surface area contributed by atoms with Gasteiger partial charge in [-0.3, -0.25) is 4.79 Å². The Labute approximate surface area is 137 Å². The average Bonchev–Trinajstić information content (AvgIpc) is 3.17. The van der Waals surface area contributed by atoms with Crippen LogP contribution in [0.5, 0.6) is 0 Å². The van der Waals surface area contributed by atoms with Gasteiger partial charge in [-0.1, -0.05) is 6.07 Å². The van der Waals surface area contributed by atoms with Gasteiger partial charge in [0.1, 0.15) is 0 Å². The van der Waals surface area contributed by atoms with Gasteiger partial charge in [0.05, 0.1) is 21.8 Å². The number of thiophene rings is 1. The fraction of sp³-hybridized carbons (Fsp3) is 0.250. The summed E-state index contributed by atoms with van der Waals surface area (Å²) in [6.07, 6.45) is 0. The molecule has 6 heteroatoms. The first-order chi connectivity index (χ1) is 10.6. The molecule has 0 saturated carbocycles. The fourth-order valence-corrected chi connectivity index (χ4v) is 3.95. The highest BCUT2D eigenvalue weighted by atomic mass is 32.1. The highest BCUT2D eigenvalue weighted by Gasteiger charge is 2.17. The van der Waals surface area contributed by atoms with Gasteiger partial charge in [-0.05, 0) is 43.7 Å². The van der Waals surface area contributed by atoms with Gasteiger partial charge in [-0.15, -0.1) is 22.7 Å². The maximum absolute atomic E-state index is 12.4. The van der Waals surface area contributed by atoms with Crippen molar-refractivity contribution in [1.82, 2.24) is 15.2 Å². The second-order valence-corrected chi connectivity index (χ2v) is 7.11. The summed E-state index contributed by atoms with van der Waals surface area (Å²) < 4.78 is 1.04. The summed E-state index contributed by atoms with van der Waals surface area (Å²) in [7, 11) is 4.06. The highest BCUT2D eigenvalue weighted by Crippen LogP contribution is 2.23. The molecule has 0 aliphatic carbocycles. The second kappa shape index (κ2) is 6.56. The lowest BCUT2D eigenvalue weighted by atomic mass is 10.2. The molecule has 114 valence electrons. The van der Waals surface area contributed by atoms with E-state index in [1.165, 1.54) is 4.88 Å². The van der Waals surface area contributed by atoms with E-state index in [-0.39, 0.29) is 11.9 Å². The quantitative estimate of drug-likeness (QED) is 0.779. The van der Waals surface area contributed by atoms with Crippen molar-refractivity contribution in [2.75, 3.05) is 20.6 Å². The summed E-state index contributed by atoms with van der Waals surface area (Å²) in [5.41, 5.74) is 3.41. The summed E-state index contributed by atoms with van der Waals surface area (Å²) >= 11 is 3.26. The van der Waals surface area contributed by atoms with E-state index in [0.29, 0.717) is 12.1 Å². The first-order valence-corrected chi connectivity index (χ1v) is 8.72. The van der Waals surface area contributed by atoms with Gasteiger partial charge < -0.3 is 10.2 Å². The van der Waals surface area contributed by atoms with Crippen LogP contribution in [0, 0.1) is 0 Å². The van der Waals surface area contributed by atoms with Crippen LogP contribution in [0.3, 0.4) is 0 Å². The smallest absolute Gasteiger partial charge is 0.251 e. The van der Waals surface area contributed by atoms with Crippen LogP contribution in [0.1, 0.15) is 21.3 Å². The minimum atomic E-state index is -0.0429. The largest absolute Gasteiger partial charge is 0.350 e. The van der Waals surface area contributed by atoms with Crippen molar-refractivity contribution in [3.8, 4) is 0 Å². The number of nitrogens with zero attached hydrogens (tertiary/aromatic N) is 2. The van der Waals surface area contributed by atoms with Gasteiger partial charge in [-0.25, -0.2) is 4.98 Å². The Morgan fingerprint density at radius 2 is 2.18 bits per heavy atom. The Morgan fingerprint density at radius 1 is 1.32 bits per heavy atom. The molecule has 3 aromatic rings. The van der Waals surface area contributed by atoms with Crippen molar-refractivity contribution in [3.05, 3.63) is 51.7 Å². The molecular weight excluding hydrogens is 314 g/mol. The Bertz CT molecular complexity index is 765. The third kappa shape index (κ3) is 3.19. The van der Waals surface area contributed by atoms with E-state index in [1.54, 1.807) is 28.2 Å². The van der Waals surface area contributed by atoms with Gasteiger partial charge in [0.15, 0.2) is 0 Å². The van der Waals surface area contributed by atoms with Crippen LogP contribution in [0.2, 0.25) is 0 Å². The Kier molecular flexibility index (Phi) is 4.52. The second-order valence-electron chi connectivity index (χ2n) is 5.24. The van der Waals surface area contributed by atoms with Crippen molar-refractivity contribution in [3.63, 3.8) is 0 Å². The Morgan fingerprint density at radius 3 is 2.91 bits per heavy atom. The number of carbonyl (C=O) groups excluding carboxylic acids is 1. The van der Waals surface area contributed by atoms with Crippen LogP contribution < -0.4 is 5.32 Å². The number of rotatable bonds is 5. The number of hydrogen-bond acceptors (Lipinski definition) is 5. The zero-order valence-corrected chi connectivity index (χ0v) is 14.1. The molecule has 0 aliphatic heterocycles. The monoisotopic (exact) mass is 331 g/mol. The maximum atomic E-state index is 12.4. The van der Waals surface area contributed by atoms with E-state index < -0.39 is 0 Å². The molecule has 1 amide bonds. The SMILES string of the molecule is CN(C)[C@H](CNC(=O)c1ccc2ncsc2c1)c1cccs1. The lowest BCUT2D eigenvalue weighted by Gasteiger charge is -2.23. The molecular formula is C16H17N3OS2. The van der Waals surface area contributed by atoms with Crippen LogP contribution >= 0.6 is 22.7 Å². The summed E-state index contributed by atoms with van der Waals surface area (Å²) in [6, 6.07) is 9.95. The Balaban J connectivity index is 1.70. The molecule has 0 saturated heterocycles. The summed E-state index contributed by atoms with van der Waals surface area (Å²) in [6.45, 7) is 0.590. The van der Waals surface area contributed by atoms with Crippen molar-refractivity contribution >= 4 is 38.8 Å². The van der Waals surface area contributed by atoms with Crippen LogP contribution in [-0.2, 0) is 0 Å². The summed E-state index contributed by atoms with van der Waals surface area (Å²) in [4.78, 5) is 20.0. The van der Waals surface area contributed by atoms with E-state index >= 15 is 0 Å². The molecule has 0 aliphatic rings. The number of benzene rings is 1. The maximum Gasteiger partial charge on any atom is 0.251 e. The summed E-state index contributed by atoms with van der Waals surface area (Å²) in [5, 5.41) is 5.10. The molecule has 0 fully saturated rings. The number of fused-ring (bicyclic) bond motifs is 1. The van der Waals surface area contributed by atoms with Gasteiger partial charge in [0, 0.05) is 17.0 Å². The molecule has 3 rings (SSSR count). The number of hydrogen-bond donors (Lipinski definition) is 1. The summed E-state index contributed by atoms with van der Waals surface area (Å²) in [5.74, 6) is -0.0429. The van der Waals surface area contributed by atoms with E-state index in [9.17, 15) is 4.79 Å². The van der Waals surface area contributed by atoms with Crippen LogP contribution in [0.4, 0.5) is 0 Å².